The van der Waals surface area contributed by atoms with Gasteiger partial charge in [-0.05, 0) is 35.4 Å². The third kappa shape index (κ3) is 2.78. The van der Waals surface area contributed by atoms with E-state index in [1.807, 2.05) is 12.1 Å². The van der Waals surface area contributed by atoms with E-state index < -0.39 is 11.9 Å². The van der Waals surface area contributed by atoms with Crippen molar-refractivity contribution in [3.63, 3.8) is 0 Å². The Morgan fingerprint density at radius 2 is 1.71 bits per heavy atom. The summed E-state index contributed by atoms with van der Waals surface area (Å²) in [5.74, 6) is -0.471. The molecule has 0 aliphatic heterocycles. The van der Waals surface area contributed by atoms with Crippen LogP contribution in [0, 0.1) is 5.82 Å². The smallest absolute Gasteiger partial charge is 0.142 e. The highest BCUT2D eigenvalue weighted by molar-refractivity contribution is 6.31. The van der Waals surface area contributed by atoms with Gasteiger partial charge in [0.05, 0.1) is 11.1 Å². The van der Waals surface area contributed by atoms with E-state index in [1.165, 1.54) is 12.1 Å². The lowest BCUT2D eigenvalue weighted by atomic mass is 10.00. The van der Waals surface area contributed by atoms with E-state index in [1.54, 1.807) is 18.2 Å². The van der Waals surface area contributed by atoms with E-state index >= 15 is 0 Å². The summed E-state index contributed by atoms with van der Waals surface area (Å²) in [6.45, 7) is 0. The fourth-order valence-corrected chi connectivity index (χ4v) is 1.91. The summed E-state index contributed by atoms with van der Waals surface area (Å²) < 4.78 is 13.3. The Morgan fingerprint density at radius 3 is 2.35 bits per heavy atom. The molecule has 0 aliphatic carbocycles. The molecule has 0 fully saturated rings. The van der Waals surface area contributed by atoms with E-state index in [4.69, 9.17) is 28.9 Å². The van der Waals surface area contributed by atoms with E-state index in [0.717, 1.165) is 5.56 Å². The van der Waals surface area contributed by atoms with Gasteiger partial charge < -0.3 is 5.73 Å². The quantitative estimate of drug-likeness (QED) is 0.870. The highest BCUT2D eigenvalue weighted by Gasteiger charge is 2.11. The third-order valence-electron chi connectivity index (χ3n) is 2.51. The minimum Gasteiger partial charge on any atom is -0.320 e. The molecule has 2 aromatic carbocycles. The Kier molecular flexibility index (Phi) is 3.67. The van der Waals surface area contributed by atoms with Crippen LogP contribution in [-0.4, -0.2) is 0 Å². The minimum absolute atomic E-state index is 0.0899. The van der Waals surface area contributed by atoms with Gasteiger partial charge in [-0.15, -0.1) is 0 Å². The van der Waals surface area contributed by atoms with Gasteiger partial charge in [-0.1, -0.05) is 41.4 Å². The predicted molar refractivity (Wildman–Crippen MR) is 68.9 cm³/mol. The first-order valence-electron chi connectivity index (χ1n) is 5.04. The van der Waals surface area contributed by atoms with Crippen molar-refractivity contribution < 1.29 is 4.39 Å². The number of hydrogen-bond donors (Lipinski definition) is 1. The largest absolute Gasteiger partial charge is 0.320 e. The third-order valence-corrected chi connectivity index (χ3v) is 3.05. The van der Waals surface area contributed by atoms with Crippen LogP contribution < -0.4 is 5.73 Å². The summed E-state index contributed by atoms with van der Waals surface area (Å²) in [5, 5.41) is 0.694. The lowest BCUT2D eigenvalue weighted by Gasteiger charge is -2.13. The number of halogens is 3. The maximum atomic E-state index is 13.3. The van der Waals surface area contributed by atoms with Crippen LogP contribution in [0.25, 0.3) is 0 Å². The Morgan fingerprint density at radius 1 is 1.00 bits per heavy atom. The standard InChI is InChI=1S/C13H10Cl2FN/c14-10-3-1-2-8(6-10)13(17)9-4-5-11(15)12(16)7-9/h1-7,13H,17H2. The second-order valence-corrected chi connectivity index (χ2v) is 4.55. The maximum absolute atomic E-state index is 13.3. The van der Waals surface area contributed by atoms with E-state index in [0.29, 0.717) is 10.6 Å². The molecule has 0 heterocycles. The molecule has 0 bridgehead atoms. The Bertz CT molecular complexity index is 543. The normalized spacial score (nSPS) is 12.5. The SMILES string of the molecule is NC(c1cccc(Cl)c1)c1ccc(Cl)c(F)c1. The molecule has 0 aromatic heterocycles. The molecular formula is C13H10Cl2FN. The van der Waals surface area contributed by atoms with Gasteiger partial charge in [-0.25, -0.2) is 4.39 Å². The molecular weight excluding hydrogens is 260 g/mol. The molecule has 1 unspecified atom stereocenters. The summed E-state index contributed by atoms with van der Waals surface area (Å²) in [7, 11) is 0. The van der Waals surface area contributed by atoms with Gasteiger partial charge in [-0.3, -0.25) is 0 Å². The van der Waals surface area contributed by atoms with Gasteiger partial charge in [0.15, 0.2) is 0 Å². The van der Waals surface area contributed by atoms with Crippen molar-refractivity contribution in [2.24, 2.45) is 5.73 Å². The highest BCUT2D eigenvalue weighted by Crippen LogP contribution is 2.25. The van der Waals surface area contributed by atoms with Gasteiger partial charge in [0.2, 0.25) is 0 Å². The Hall–Kier alpha value is -1.09. The second-order valence-electron chi connectivity index (χ2n) is 3.71. The molecule has 0 amide bonds. The van der Waals surface area contributed by atoms with Crippen molar-refractivity contribution in [3.8, 4) is 0 Å². The van der Waals surface area contributed by atoms with Gasteiger partial charge >= 0.3 is 0 Å². The second kappa shape index (κ2) is 5.05. The average molecular weight is 270 g/mol. The zero-order chi connectivity index (χ0) is 12.4. The first-order valence-corrected chi connectivity index (χ1v) is 5.79. The molecule has 0 saturated carbocycles. The van der Waals surface area contributed by atoms with Gasteiger partial charge in [-0.2, -0.15) is 0 Å². The number of rotatable bonds is 2. The monoisotopic (exact) mass is 269 g/mol. The minimum atomic E-state index is -0.471. The fourth-order valence-electron chi connectivity index (χ4n) is 1.60. The topological polar surface area (TPSA) is 26.0 Å². The molecule has 1 atom stereocenters. The first kappa shape index (κ1) is 12.4. The van der Waals surface area contributed by atoms with E-state index in [2.05, 4.69) is 0 Å². The molecule has 0 spiro atoms. The number of benzene rings is 2. The number of hydrogen-bond acceptors (Lipinski definition) is 1. The van der Waals surface area contributed by atoms with E-state index in [-0.39, 0.29) is 5.02 Å². The molecule has 1 nitrogen and oxygen atoms in total. The van der Waals surface area contributed by atoms with Crippen LogP contribution in [-0.2, 0) is 0 Å². The Labute approximate surface area is 109 Å². The summed E-state index contributed by atoms with van der Waals surface area (Å²) in [5.41, 5.74) is 7.53. The summed E-state index contributed by atoms with van der Waals surface area (Å²) in [6, 6.07) is 11.3. The molecule has 2 N–H and O–H groups in total. The first-order chi connectivity index (χ1) is 8.08. The van der Waals surface area contributed by atoms with E-state index in [9.17, 15) is 4.39 Å². The van der Waals surface area contributed by atoms with Crippen LogP contribution in [0.4, 0.5) is 4.39 Å². The van der Waals surface area contributed by atoms with Gasteiger partial charge in [0, 0.05) is 5.02 Å². The van der Waals surface area contributed by atoms with Crippen molar-refractivity contribution in [2.75, 3.05) is 0 Å². The van der Waals surface area contributed by atoms with Crippen molar-refractivity contribution in [2.45, 2.75) is 6.04 Å². The average Bonchev–Trinajstić information content (AvgIpc) is 2.32. The van der Waals surface area contributed by atoms with Crippen molar-refractivity contribution >= 4 is 23.2 Å². The van der Waals surface area contributed by atoms with Crippen molar-refractivity contribution in [1.82, 2.24) is 0 Å². The lowest BCUT2D eigenvalue weighted by molar-refractivity contribution is 0.624. The zero-order valence-corrected chi connectivity index (χ0v) is 10.3. The summed E-state index contributed by atoms with van der Waals surface area (Å²) in [4.78, 5) is 0. The van der Waals surface area contributed by atoms with Crippen LogP contribution in [0.3, 0.4) is 0 Å². The summed E-state index contributed by atoms with van der Waals surface area (Å²) in [6.07, 6.45) is 0. The van der Waals surface area contributed by atoms with Gasteiger partial charge in [0.1, 0.15) is 5.82 Å². The van der Waals surface area contributed by atoms with Crippen LogP contribution in [0.15, 0.2) is 42.5 Å². The number of nitrogens with two attached hydrogens (primary N) is 1. The fraction of sp³-hybridized carbons (Fsp3) is 0.0769. The van der Waals surface area contributed by atoms with Crippen LogP contribution in [0.1, 0.15) is 17.2 Å². The Balaban J connectivity index is 2.36. The van der Waals surface area contributed by atoms with Crippen LogP contribution >= 0.6 is 23.2 Å². The highest BCUT2D eigenvalue weighted by atomic mass is 35.5. The maximum Gasteiger partial charge on any atom is 0.142 e. The van der Waals surface area contributed by atoms with Crippen LogP contribution in [0.2, 0.25) is 10.0 Å². The zero-order valence-electron chi connectivity index (χ0n) is 8.83. The van der Waals surface area contributed by atoms with Crippen LogP contribution in [0.5, 0.6) is 0 Å². The molecule has 0 saturated heterocycles. The molecule has 2 rings (SSSR count). The van der Waals surface area contributed by atoms with Crippen molar-refractivity contribution in [3.05, 3.63) is 69.5 Å². The molecule has 88 valence electrons. The lowest BCUT2D eigenvalue weighted by Crippen LogP contribution is -2.12. The van der Waals surface area contributed by atoms with Crippen molar-refractivity contribution in [1.29, 1.82) is 0 Å². The molecule has 4 heteroatoms. The van der Waals surface area contributed by atoms with Gasteiger partial charge in [0.25, 0.3) is 0 Å². The summed E-state index contributed by atoms with van der Waals surface area (Å²) >= 11 is 11.5. The molecule has 17 heavy (non-hydrogen) atoms. The molecule has 0 radical (unpaired) electrons. The molecule has 0 aliphatic rings. The molecule has 2 aromatic rings. The predicted octanol–water partition coefficient (Wildman–Crippen LogP) is 4.18.